The first-order valence-electron chi connectivity index (χ1n) is 10.2. The summed E-state index contributed by atoms with van der Waals surface area (Å²) in [4.78, 5) is 14.7. The fourth-order valence-electron chi connectivity index (χ4n) is 4.32. The van der Waals surface area contributed by atoms with Crippen LogP contribution in [0.25, 0.3) is 0 Å². The number of likely N-dealkylation sites (tertiary alicyclic amines) is 1. The molecular formula is C25H23F3NO2+. The number of alkyl halides is 2. The fraction of sp³-hybridized carbons (Fsp3) is 0.280. The van der Waals surface area contributed by atoms with Gasteiger partial charge >= 0.3 is 17.8 Å². The van der Waals surface area contributed by atoms with Crippen LogP contribution in [0, 0.1) is 5.82 Å². The molecule has 0 radical (unpaired) electrons. The minimum Gasteiger partial charge on any atom is -0.339 e. The molecule has 1 fully saturated rings. The predicted molar refractivity (Wildman–Crippen MR) is 113 cm³/mol. The molecule has 0 bridgehead atoms. The molecule has 1 amide bonds. The van der Waals surface area contributed by atoms with Crippen LogP contribution in [0.2, 0.25) is 0 Å². The van der Waals surface area contributed by atoms with Gasteiger partial charge in [-0.05, 0) is 66.8 Å². The molecule has 0 aromatic heterocycles. The number of rotatable bonds is 5. The van der Waals surface area contributed by atoms with Crippen molar-refractivity contribution in [1.29, 1.82) is 0 Å². The molecule has 2 aliphatic rings. The molecule has 0 spiro atoms. The Morgan fingerprint density at radius 3 is 2.19 bits per heavy atom. The van der Waals surface area contributed by atoms with Crippen molar-refractivity contribution in [3.8, 4) is 0 Å². The molecule has 2 aromatic rings. The minimum absolute atomic E-state index is 0.145. The van der Waals surface area contributed by atoms with Crippen LogP contribution in [0.3, 0.4) is 0 Å². The third-order valence-corrected chi connectivity index (χ3v) is 6.22. The topological polar surface area (TPSA) is 31.6 Å². The van der Waals surface area contributed by atoms with Crippen LogP contribution in [0.15, 0.2) is 73.3 Å². The first-order chi connectivity index (χ1) is 14.8. The van der Waals surface area contributed by atoms with E-state index < -0.39 is 11.5 Å². The normalized spacial score (nSPS) is 21.6. The van der Waals surface area contributed by atoms with Crippen molar-refractivity contribution >= 4 is 12.2 Å². The van der Waals surface area contributed by atoms with Crippen LogP contribution in [-0.4, -0.2) is 36.1 Å². The van der Waals surface area contributed by atoms with Gasteiger partial charge in [-0.2, -0.15) is 8.78 Å². The number of carbonyl (C=O) groups is 1. The molecule has 0 N–H and O–H groups in total. The summed E-state index contributed by atoms with van der Waals surface area (Å²) < 4.78 is 47.4. The van der Waals surface area contributed by atoms with Gasteiger partial charge in [0.2, 0.25) is 0 Å². The van der Waals surface area contributed by atoms with Gasteiger partial charge in [0, 0.05) is 18.7 Å². The van der Waals surface area contributed by atoms with Gasteiger partial charge in [-0.1, -0.05) is 25.3 Å². The smallest absolute Gasteiger partial charge is 0.339 e. The number of hydrogen-bond donors (Lipinski definition) is 0. The Hall–Kier alpha value is -3.15. The highest BCUT2D eigenvalue weighted by atomic mass is 19.3. The number of benzene rings is 2. The fourth-order valence-corrected chi connectivity index (χ4v) is 4.32. The van der Waals surface area contributed by atoms with Crippen molar-refractivity contribution in [3.63, 3.8) is 0 Å². The van der Waals surface area contributed by atoms with E-state index in [1.54, 1.807) is 29.2 Å². The number of nitrogens with zero attached hydrogens (tertiary/aromatic N) is 1. The van der Waals surface area contributed by atoms with Gasteiger partial charge in [-0.15, -0.1) is 0 Å². The summed E-state index contributed by atoms with van der Waals surface area (Å²) >= 11 is 0. The molecule has 1 atom stereocenters. The van der Waals surface area contributed by atoms with Crippen molar-refractivity contribution in [2.75, 3.05) is 13.1 Å². The first-order valence-corrected chi connectivity index (χ1v) is 10.2. The monoisotopic (exact) mass is 426 g/mol. The SMILES string of the molecule is C=CC(F)(F)C1(c2ccc(C(=O)N3CCC(c4ccc(F)cc4)CC3)cc2)[O+]=CC1=C. The van der Waals surface area contributed by atoms with E-state index in [1.165, 1.54) is 30.6 Å². The van der Waals surface area contributed by atoms with Gasteiger partial charge in [-0.3, -0.25) is 4.79 Å². The summed E-state index contributed by atoms with van der Waals surface area (Å²) in [7, 11) is 0. The predicted octanol–water partition coefficient (Wildman–Crippen LogP) is 5.17. The van der Waals surface area contributed by atoms with E-state index in [2.05, 4.69) is 13.2 Å². The van der Waals surface area contributed by atoms with E-state index in [9.17, 15) is 18.0 Å². The number of amides is 1. The highest BCUT2D eigenvalue weighted by molar-refractivity contribution is 5.94. The molecule has 0 saturated carbocycles. The molecule has 2 aromatic carbocycles. The van der Waals surface area contributed by atoms with E-state index in [4.69, 9.17) is 4.42 Å². The second kappa shape index (κ2) is 7.84. The average molecular weight is 426 g/mol. The molecule has 1 saturated heterocycles. The Morgan fingerprint density at radius 1 is 1.10 bits per heavy atom. The zero-order valence-corrected chi connectivity index (χ0v) is 17.0. The number of piperidine rings is 1. The second-order valence-corrected chi connectivity index (χ2v) is 7.96. The van der Waals surface area contributed by atoms with E-state index in [-0.39, 0.29) is 28.8 Å². The third-order valence-electron chi connectivity index (χ3n) is 6.22. The maximum Gasteiger partial charge on any atom is 0.404 e. The Kier molecular flexibility index (Phi) is 5.33. The first kappa shape index (κ1) is 21.1. The summed E-state index contributed by atoms with van der Waals surface area (Å²) in [6, 6.07) is 12.5. The van der Waals surface area contributed by atoms with Gasteiger partial charge in [0.05, 0.1) is 5.56 Å². The molecule has 3 nitrogen and oxygen atoms in total. The summed E-state index contributed by atoms with van der Waals surface area (Å²) in [5, 5.41) is 0. The van der Waals surface area contributed by atoms with Crippen molar-refractivity contribution in [2.24, 2.45) is 0 Å². The molecule has 6 heteroatoms. The summed E-state index contributed by atoms with van der Waals surface area (Å²) in [6.45, 7) is 8.04. The number of aldehydes is 1. The van der Waals surface area contributed by atoms with E-state index >= 15 is 0 Å². The Morgan fingerprint density at radius 2 is 1.71 bits per heavy atom. The summed E-state index contributed by atoms with van der Waals surface area (Å²) in [5.41, 5.74) is -0.112. The van der Waals surface area contributed by atoms with Gasteiger partial charge in [-0.25, -0.2) is 8.82 Å². The Labute approximate surface area is 179 Å². The highest BCUT2D eigenvalue weighted by Gasteiger charge is 2.70. The lowest BCUT2D eigenvalue weighted by atomic mass is 9.78. The standard InChI is InChI=1S/C25H23F3NO2/c1-3-24(27,28)25(17(2)16-31-25)21-8-4-20(5-9-21)23(30)29-14-12-19(13-15-29)18-6-10-22(26)11-7-18/h3-11,16,19H,1-2,12-15H2/q+1. The maximum absolute atomic E-state index is 14.5. The lowest BCUT2D eigenvalue weighted by Crippen LogP contribution is -2.52. The quantitative estimate of drug-likeness (QED) is 0.281. The Bertz CT molecular complexity index is 1040. The molecule has 2 heterocycles. The average Bonchev–Trinajstić information content (AvgIpc) is 2.79. The van der Waals surface area contributed by atoms with Crippen LogP contribution >= 0.6 is 0 Å². The summed E-state index contributed by atoms with van der Waals surface area (Å²) in [5.74, 6) is -3.46. The Balaban J connectivity index is 1.46. The molecule has 160 valence electrons. The number of hydrogen-bond acceptors (Lipinski definition) is 1. The van der Waals surface area contributed by atoms with Crippen molar-refractivity contribution in [3.05, 3.63) is 95.8 Å². The van der Waals surface area contributed by atoms with E-state index in [0.29, 0.717) is 24.7 Å². The third kappa shape index (κ3) is 3.50. The van der Waals surface area contributed by atoms with Crippen LogP contribution in [0.4, 0.5) is 13.2 Å². The zero-order valence-electron chi connectivity index (χ0n) is 17.0. The van der Waals surface area contributed by atoms with Crippen LogP contribution in [-0.2, 0) is 10.0 Å². The number of carbonyl (C=O) groups excluding carboxylic acids is 2. The molecule has 2 aliphatic heterocycles. The van der Waals surface area contributed by atoms with Crippen LogP contribution in [0.5, 0.6) is 0 Å². The lowest BCUT2D eigenvalue weighted by molar-refractivity contribution is -0.596. The summed E-state index contributed by atoms with van der Waals surface area (Å²) in [6.07, 6.45) is 3.32. The molecule has 31 heavy (non-hydrogen) atoms. The number of halogens is 3. The van der Waals surface area contributed by atoms with Crippen molar-refractivity contribution in [2.45, 2.75) is 30.3 Å². The van der Waals surface area contributed by atoms with Crippen LogP contribution < -0.4 is 0 Å². The van der Waals surface area contributed by atoms with Gasteiger partial charge in [0.1, 0.15) is 5.82 Å². The minimum atomic E-state index is -3.34. The van der Waals surface area contributed by atoms with Crippen molar-refractivity contribution in [1.82, 2.24) is 4.90 Å². The second-order valence-electron chi connectivity index (χ2n) is 7.96. The highest BCUT2D eigenvalue weighted by Crippen LogP contribution is 2.48. The lowest BCUT2D eigenvalue weighted by Gasteiger charge is -2.32. The molecular weight excluding hydrogens is 403 g/mol. The molecule has 0 aliphatic carbocycles. The zero-order chi connectivity index (χ0) is 22.2. The van der Waals surface area contributed by atoms with Gasteiger partial charge in [0.15, 0.2) is 5.57 Å². The van der Waals surface area contributed by atoms with Crippen molar-refractivity contribution < 1.29 is 22.4 Å². The maximum atomic E-state index is 14.5. The molecule has 4 rings (SSSR count). The molecule has 1 unspecified atom stereocenters. The van der Waals surface area contributed by atoms with E-state index in [0.717, 1.165) is 18.4 Å². The van der Waals surface area contributed by atoms with Crippen LogP contribution in [0.1, 0.15) is 40.2 Å². The van der Waals surface area contributed by atoms with E-state index in [1.807, 2.05) is 0 Å². The van der Waals surface area contributed by atoms with Gasteiger partial charge < -0.3 is 4.90 Å². The largest absolute Gasteiger partial charge is 0.404 e. The van der Waals surface area contributed by atoms with Gasteiger partial charge in [0.25, 0.3) is 5.91 Å².